The van der Waals surface area contributed by atoms with Crippen molar-refractivity contribution in [2.45, 2.75) is 11.3 Å². The number of hydrogen-bond donors (Lipinski definition) is 1. The van der Waals surface area contributed by atoms with Gasteiger partial charge in [-0.25, -0.2) is 13.1 Å². The summed E-state index contributed by atoms with van der Waals surface area (Å²) in [6.45, 7) is 0.463. The van der Waals surface area contributed by atoms with Crippen molar-refractivity contribution < 1.29 is 8.42 Å². The molecule has 0 unspecified atom stereocenters. The molecule has 0 heterocycles. The van der Waals surface area contributed by atoms with E-state index in [9.17, 15) is 8.42 Å². The molecule has 0 saturated heterocycles. The van der Waals surface area contributed by atoms with E-state index in [1.54, 1.807) is 18.2 Å². The predicted molar refractivity (Wildman–Crippen MR) is 80.5 cm³/mol. The fourth-order valence-corrected chi connectivity index (χ4v) is 3.99. The van der Waals surface area contributed by atoms with Gasteiger partial charge in [-0.3, -0.25) is 0 Å². The Morgan fingerprint density at radius 1 is 1.31 bits per heavy atom. The van der Waals surface area contributed by atoms with Crippen molar-refractivity contribution in [3.05, 3.63) is 27.1 Å². The average Bonchev–Trinajstić information content (AvgIpc) is 2.22. The molecule has 7 heteroatoms. The normalized spacial score (nSPS) is 11.7. The first-order chi connectivity index (χ1) is 7.47. The van der Waals surface area contributed by atoms with Crippen molar-refractivity contribution >= 4 is 64.5 Å². The van der Waals surface area contributed by atoms with Gasteiger partial charge in [0.1, 0.15) is 0 Å². The molecule has 0 amide bonds. The second-order valence-electron chi connectivity index (χ2n) is 3.02. The minimum absolute atomic E-state index is 0.260. The van der Waals surface area contributed by atoms with Crippen LogP contribution in [0.15, 0.2) is 32.0 Å². The summed E-state index contributed by atoms with van der Waals surface area (Å²) in [5.41, 5.74) is 0. The van der Waals surface area contributed by atoms with E-state index in [4.69, 9.17) is 0 Å². The maximum absolute atomic E-state index is 11.9. The second kappa shape index (κ2) is 6.67. The van der Waals surface area contributed by atoms with Gasteiger partial charge in [0.05, 0.1) is 4.90 Å². The van der Waals surface area contributed by atoms with E-state index in [-0.39, 0.29) is 4.90 Å². The summed E-state index contributed by atoms with van der Waals surface area (Å²) in [6.07, 6.45) is 0.825. The van der Waals surface area contributed by atoms with Gasteiger partial charge in [0, 0.05) is 19.9 Å². The van der Waals surface area contributed by atoms with Gasteiger partial charge in [0.25, 0.3) is 0 Å². The number of hydrogen-bond acceptors (Lipinski definition) is 2. The summed E-state index contributed by atoms with van der Waals surface area (Å²) in [6, 6.07) is 5.07. The lowest BCUT2D eigenvalue weighted by Crippen LogP contribution is -2.25. The molecule has 0 aromatic heterocycles. The molecule has 0 aliphatic carbocycles. The molecule has 1 rings (SSSR count). The Bertz CT molecular complexity index is 465. The highest BCUT2D eigenvalue weighted by Crippen LogP contribution is 2.25. The lowest BCUT2D eigenvalue weighted by Gasteiger charge is -2.08. The van der Waals surface area contributed by atoms with Crippen LogP contribution in [0.25, 0.3) is 0 Å². The number of rotatable bonds is 5. The molecule has 1 N–H and O–H groups in total. The highest BCUT2D eigenvalue weighted by molar-refractivity contribution is 14.1. The molecule has 0 bridgehead atoms. The zero-order valence-electron chi connectivity index (χ0n) is 8.21. The van der Waals surface area contributed by atoms with Crippen molar-refractivity contribution in [2.24, 2.45) is 0 Å². The molecule has 16 heavy (non-hydrogen) atoms. The SMILES string of the molecule is O=S(=O)(NCCCI)c1cc(Br)ccc1Br. The quantitative estimate of drug-likeness (QED) is 0.397. The zero-order chi connectivity index (χ0) is 12.2. The molecule has 0 aliphatic heterocycles. The van der Waals surface area contributed by atoms with Gasteiger partial charge in [0.2, 0.25) is 10.0 Å². The van der Waals surface area contributed by atoms with Gasteiger partial charge < -0.3 is 0 Å². The number of nitrogens with one attached hydrogen (secondary N) is 1. The van der Waals surface area contributed by atoms with E-state index < -0.39 is 10.0 Å². The van der Waals surface area contributed by atoms with Crippen LogP contribution in [0.3, 0.4) is 0 Å². The molecule has 90 valence electrons. The number of halogens is 3. The van der Waals surface area contributed by atoms with Gasteiger partial charge in [-0.1, -0.05) is 38.5 Å². The monoisotopic (exact) mass is 481 g/mol. The maximum atomic E-state index is 11.9. The first kappa shape index (κ1) is 14.9. The van der Waals surface area contributed by atoms with E-state index >= 15 is 0 Å². The van der Waals surface area contributed by atoms with Crippen molar-refractivity contribution in [1.29, 1.82) is 0 Å². The molecular formula is C9H10Br2INO2S. The van der Waals surface area contributed by atoms with Crippen molar-refractivity contribution in [1.82, 2.24) is 4.72 Å². The van der Waals surface area contributed by atoms with Crippen molar-refractivity contribution in [3.8, 4) is 0 Å². The summed E-state index contributed by atoms with van der Waals surface area (Å²) in [4.78, 5) is 0.260. The fourth-order valence-electron chi connectivity index (χ4n) is 1.03. The molecule has 0 radical (unpaired) electrons. The Kier molecular flexibility index (Phi) is 6.20. The summed E-state index contributed by atoms with van der Waals surface area (Å²) < 4.78 is 28.6. The number of alkyl halides is 1. The van der Waals surface area contributed by atoms with E-state index in [1.165, 1.54) is 0 Å². The third-order valence-corrected chi connectivity index (χ3v) is 5.50. The Balaban J connectivity index is 2.93. The highest BCUT2D eigenvalue weighted by Gasteiger charge is 2.17. The Morgan fingerprint density at radius 3 is 2.62 bits per heavy atom. The molecule has 0 atom stereocenters. The number of benzene rings is 1. The van der Waals surface area contributed by atoms with Crippen LogP contribution in [0.2, 0.25) is 0 Å². The van der Waals surface area contributed by atoms with Crippen LogP contribution >= 0.6 is 54.5 Å². The highest BCUT2D eigenvalue weighted by atomic mass is 127. The molecule has 1 aromatic rings. The van der Waals surface area contributed by atoms with E-state index in [0.29, 0.717) is 11.0 Å². The minimum Gasteiger partial charge on any atom is -0.211 e. The molecule has 0 spiro atoms. The van der Waals surface area contributed by atoms with E-state index in [1.807, 2.05) is 0 Å². The topological polar surface area (TPSA) is 46.2 Å². The van der Waals surface area contributed by atoms with E-state index in [2.05, 4.69) is 59.2 Å². The Hall–Kier alpha value is 0.820. The zero-order valence-corrected chi connectivity index (χ0v) is 14.4. The molecule has 0 aliphatic rings. The van der Waals surface area contributed by atoms with Crippen LogP contribution in [-0.4, -0.2) is 19.4 Å². The van der Waals surface area contributed by atoms with Gasteiger partial charge in [-0.15, -0.1) is 0 Å². The standard InChI is InChI=1S/C9H10Br2INO2S/c10-7-2-3-8(11)9(6-7)16(14,15)13-5-1-4-12/h2-3,6,13H,1,4-5H2. The van der Waals surface area contributed by atoms with Gasteiger partial charge in [-0.05, 0) is 40.5 Å². The fraction of sp³-hybridized carbons (Fsp3) is 0.333. The maximum Gasteiger partial charge on any atom is 0.241 e. The Labute approximate surface area is 126 Å². The lowest BCUT2D eigenvalue weighted by atomic mass is 10.4. The predicted octanol–water partition coefficient (Wildman–Crippen LogP) is 3.32. The minimum atomic E-state index is -3.42. The van der Waals surface area contributed by atoms with Gasteiger partial charge in [-0.2, -0.15) is 0 Å². The molecule has 3 nitrogen and oxygen atoms in total. The first-order valence-electron chi connectivity index (χ1n) is 4.48. The largest absolute Gasteiger partial charge is 0.241 e. The molecule has 0 fully saturated rings. The van der Waals surface area contributed by atoms with Crippen LogP contribution in [0.1, 0.15) is 6.42 Å². The molecular weight excluding hydrogens is 473 g/mol. The summed E-state index contributed by atoms with van der Waals surface area (Å²) >= 11 is 8.70. The first-order valence-corrected chi connectivity index (χ1v) is 9.07. The molecule has 0 saturated carbocycles. The third-order valence-electron chi connectivity index (χ3n) is 1.79. The summed E-state index contributed by atoms with van der Waals surface area (Å²) in [5, 5.41) is 0. The van der Waals surface area contributed by atoms with Crippen LogP contribution in [0.4, 0.5) is 0 Å². The average molecular weight is 483 g/mol. The lowest BCUT2D eigenvalue weighted by molar-refractivity contribution is 0.580. The van der Waals surface area contributed by atoms with Crippen molar-refractivity contribution in [3.63, 3.8) is 0 Å². The van der Waals surface area contributed by atoms with Crippen LogP contribution in [-0.2, 0) is 10.0 Å². The van der Waals surface area contributed by atoms with Gasteiger partial charge in [0.15, 0.2) is 0 Å². The van der Waals surface area contributed by atoms with Crippen LogP contribution < -0.4 is 4.72 Å². The Morgan fingerprint density at radius 2 is 2.00 bits per heavy atom. The van der Waals surface area contributed by atoms with Crippen LogP contribution in [0.5, 0.6) is 0 Å². The molecule has 1 aromatic carbocycles. The smallest absolute Gasteiger partial charge is 0.211 e. The third kappa shape index (κ3) is 4.25. The van der Waals surface area contributed by atoms with E-state index in [0.717, 1.165) is 15.3 Å². The number of sulfonamides is 1. The second-order valence-corrected chi connectivity index (χ2v) is 7.60. The van der Waals surface area contributed by atoms with Gasteiger partial charge >= 0.3 is 0 Å². The van der Waals surface area contributed by atoms with Crippen molar-refractivity contribution in [2.75, 3.05) is 11.0 Å². The summed E-state index contributed by atoms with van der Waals surface area (Å²) in [5.74, 6) is 0. The van der Waals surface area contributed by atoms with Crippen LogP contribution in [0, 0.1) is 0 Å². The summed E-state index contributed by atoms with van der Waals surface area (Å²) in [7, 11) is -3.42.